The lowest BCUT2D eigenvalue weighted by Crippen LogP contribution is -3.13. The molecule has 2 N–H and O–H groups in total. The van der Waals surface area contributed by atoms with Crippen LogP contribution in [0.4, 0.5) is 0 Å². The number of aryl methyl sites for hydroxylation is 1. The van der Waals surface area contributed by atoms with Crippen molar-refractivity contribution in [3.05, 3.63) is 26.6 Å². The van der Waals surface area contributed by atoms with Crippen LogP contribution in [0.5, 0.6) is 0 Å². The number of aromatic amines is 1. The van der Waals surface area contributed by atoms with Gasteiger partial charge in [-0.3, -0.25) is 9.59 Å². The van der Waals surface area contributed by atoms with Gasteiger partial charge in [0.25, 0.3) is 5.56 Å². The number of quaternary nitrogens is 1. The Balaban J connectivity index is 1.79. The second-order valence-corrected chi connectivity index (χ2v) is 8.68. The Morgan fingerprint density at radius 1 is 1.38 bits per heavy atom. The molecule has 0 bridgehead atoms. The predicted octanol–water partition coefficient (Wildman–Crippen LogP) is 1.13. The van der Waals surface area contributed by atoms with Gasteiger partial charge in [-0.1, -0.05) is 20.3 Å². The van der Waals surface area contributed by atoms with Gasteiger partial charge in [-0.25, -0.2) is 4.98 Å². The first-order valence-corrected chi connectivity index (χ1v) is 10.3. The van der Waals surface area contributed by atoms with Gasteiger partial charge in [0.2, 0.25) is 5.91 Å². The lowest BCUT2D eigenvalue weighted by molar-refractivity contribution is -0.918. The number of hydrogen-bond acceptors (Lipinski definition) is 4. The Bertz CT molecular complexity index is 849. The van der Waals surface area contributed by atoms with Gasteiger partial charge in [-0.2, -0.15) is 0 Å². The molecule has 6 nitrogen and oxygen atoms in total. The van der Waals surface area contributed by atoms with Crippen LogP contribution >= 0.6 is 11.3 Å². The third kappa shape index (κ3) is 3.99. The van der Waals surface area contributed by atoms with Crippen LogP contribution in [0.15, 0.2) is 4.79 Å². The minimum Gasteiger partial charge on any atom is -0.332 e. The molecule has 7 heteroatoms. The number of H-pyrrole nitrogens is 1. The Hall–Kier alpha value is -1.73. The van der Waals surface area contributed by atoms with E-state index in [9.17, 15) is 9.59 Å². The number of nitrogens with zero attached hydrogens (tertiary/aromatic N) is 2. The van der Waals surface area contributed by atoms with Crippen LogP contribution in [0.1, 0.15) is 43.5 Å². The van der Waals surface area contributed by atoms with Crippen molar-refractivity contribution in [1.29, 1.82) is 0 Å². The lowest BCUT2D eigenvalue weighted by atomic mass is 9.98. The van der Waals surface area contributed by atoms with Crippen molar-refractivity contribution >= 4 is 27.5 Å². The third-order valence-electron chi connectivity index (χ3n) is 5.49. The van der Waals surface area contributed by atoms with Gasteiger partial charge in [0, 0.05) is 11.8 Å². The molecule has 2 aromatic heterocycles. The highest BCUT2D eigenvalue weighted by atomic mass is 32.1. The van der Waals surface area contributed by atoms with Gasteiger partial charge in [-0.15, -0.1) is 11.3 Å². The smallest absolute Gasteiger partial charge is 0.260 e. The van der Waals surface area contributed by atoms with Crippen LogP contribution in [-0.4, -0.2) is 47.0 Å². The van der Waals surface area contributed by atoms with Crippen molar-refractivity contribution in [2.75, 3.05) is 26.2 Å². The molecule has 0 saturated carbocycles. The Labute approximate surface area is 158 Å². The summed E-state index contributed by atoms with van der Waals surface area (Å²) in [5, 5.41) is 0.785. The molecular weight excluding hydrogens is 348 g/mol. The van der Waals surface area contributed by atoms with E-state index in [4.69, 9.17) is 4.98 Å². The Kier molecular flexibility index (Phi) is 5.77. The minimum atomic E-state index is -0.00516. The average Bonchev–Trinajstić information content (AvgIpc) is 2.91. The zero-order valence-electron chi connectivity index (χ0n) is 16.1. The summed E-state index contributed by atoms with van der Waals surface area (Å²) < 4.78 is 0. The summed E-state index contributed by atoms with van der Waals surface area (Å²) in [6.45, 7) is 12.2. The van der Waals surface area contributed by atoms with E-state index >= 15 is 0 Å². The maximum absolute atomic E-state index is 12.7. The maximum atomic E-state index is 12.7. The molecule has 1 amide bonds. The van der Waals surface area contributed by atoms with Crippen LogP contribution in [0.3, 0.4) is 0 Å². The van der Waals surface area contributed by atoms with E-state index in [1.807, 2.05) is 4.90 Å². The molecule has 1 atom stereocenters. The van der Waals surface area contributed by atoms with Gasteiger partial charge in [-0.05, 0) is 24.8 Å². The maximum Gasteiger partial charge on any atom is 0.260 e. The Morgan fingerprint density at radius 3 is 2.69 bits per heavy atom. The Morgan fingerprint density at radius 2 is 2.08 bits per heavy atom. The van der Waals surface area contributed by atoms with E-state index < -0.39 is 0 Å². The standard InChI is InChI=1S/C19H28N4O2S/c1-5-12(2)10-15-13(3)26-19-17(15)18(25)20-16(21-19)11-22-6-8-23(9-7-22)14(4)24/h12H,5-11H2,1-4H3,(H,20,21,25)/p+1/t12-/m0/s1. The molecule has 1 fully saturated rings. The summed E-state index contributed by atoms with van der Waals surface area (Å²) in [5.41, 5.74) is 1.16. The predicted molar refractivity (Wildman–Crippen MR) is 105 cm³/mol. The molecule has 1 aliphatic rings. The lowest BCUT2D eigenvalue weighted by Gasteiger charge is -2.31. The highest BCUT2D eigenvalue weighted by Crippen LogP contribution is 2.29. The number of thiophene rings is 1. The monoisotopic (exact) mass is 377 g/mol. The van der Waals surface area contributed by atoms with Crippen molar-refractivity contribution in [2.24, 2.45) is 5.92 Å². The van der Waals surface area contributed by atoms with Crippen molar-refractivity contribution in [1.82, 2.24) is 14.9 Å². The van der Waals surface area contributed by atoms with E-state index in [1.165, 1.54) is 15.3 Å². The van der Waals surface area contributed by atoms with Crippen molar-refractivity contribution < 1.29 is 9.69 Å². The number of nitrogens with one attached hydrogen (secondary N) is 2. The summed E-state index contributed by atoms with van der Waals surface area (Å²) >= 11 is 1.63. The first-order chi connectivity index (χ1) is 12.4. The van der Waals surface area contributed by atoms with Crippen LogP contribution in [0.25, 0.3) is 10.2 Å². The minimum absolute atomic E-state index is 0.00516. The van der Waals surface area contributed by atoms with Crippen LogP contribution in [0.2, 0.25) is 0 Å². The zero-order valence-corrected chi connectivity index (χ0v) is 17.0. The van der Waals surface area contributed by atoms with Gasteiger partial charge < -0.3 is 14.8 Å². The number of fused-ring (bicyclic) bond motifs is 1. The zero-order chi connectivity index (χ0) is 18.8. The number of amides is 1. The fourth-order valence-corrected chi connectivity index (χ4v) is 4.67. The highest BCUT2D eigenvalue weighted by molar-refractivity contribution is 7.18. The SMILES string of the molecule is CC[C@H](C)Cc1c(C)sc2nc(C[NH+]3CCN(C(C)=O)CC3)[nH]c(=O)c12. The van der Waals surface area contributed by atoms with Crippen molar-refractivity contribution in [3.63, 3.8) is 0 Å². The summed E-state index contributed by atoms with van der Waals surface area (Å²) in [7, 11) is 0. The molecule has 0 spiro atoms. The number of rotatable bonds is 5. The summed E-state index contributed by atoms with van der Waals surface area (Å²) in [6.07, 6.45) is 2.04. The molecule has 3 rings (SSSR count). The summed E-state index contributed by atoms with van der Waals surface area (Å²) in [5.74, 6) is 1.46. The molecule has 0 aliphatic carbocycles. The molecule has 2 aromatic rings. The van der Waals surface area contributed by atoms with Gasteiger partial charge in [0.15, 0.2) is 5.82 Å². The summed E-state index contributed by atoms with van der Waals surface area (Å²) in [4.78, 5) is 37.3. The molecule has 3 heterocycles. The van der Waals surface area contributed by atoms with Crippen molar-refractivity contribution in [3.8, 4) is 0 Å². The fraction of sp³-hybridized carbons (Fsp3) is 0.632. The fourth-order valence-electron chi connectivity index (χ4n) is 3.59. The number of carbonyl (C=O) groups excluding carboxylic acids is 1. The molecule has 0 aromatic carbocycles. The molecule has 1 aliphatic heterocycles. The topological polar surface area (TPSA) is 70.5 Å². The molecule has 26 heavy (non-hydrogen) atoms. The van der Waals surface area contributed by atoms with Crippen LogP contribution < -0.4 is 10.5 Å². The van der Waals surface area contributed by atoms with E-state index in [0.717, 1.165) is 55.1 Å². The molecule has 142 valence electrons. The molecule has 0 radical (unpaired) electrons. The van der Waals surface area contributed by atoms with E-state index in [0.29, 0.717) is 12.5 Å². The van der Waals surface area contributed by atoms with E-state index in [1.54, 1.807) is 18.3 Å². The molecule has 0 unspecified atom stereocenters. The van der Waals surface area contributed by atoms with Crippen molar-refractivity contribution in [2.45, 2.75) is 47.1 Å². The van der Waals surface area contributed by atoms with Gasteiger partial charge in [0.1, 0.15) is 11.4 Å². The number of carbonyl (C=O) groups is 1. The average molecular weight is 378 g/mol. The second kappa shape index (κ2) is 7.88. The van der Waals surface area contributed by atoms with E-state index in [-0.39, 0.29) is 11.5 Å². The molecular formula is C19H29N4O2S+. The molecule has 1 saturated heterocycles. The van der Waals surface area contributed by atoms with Gasteiger partial charge >= 0.3 is 0 Å². The highest BCUT2D eigenvalue weighted by Gasteiger charge is 2.23. The number of piperazine rings is 1. The summed E-state index contributed by atoms with van der Waals surface area (Å²) in [6, 6.07) is 0. The van der Waals surface area contributed by atoms with E-state index in [2.05, 4.69) is 25.8 Å². The largest absolute Gasteiger partial charge is 0.332 e. The first-order valence-electron chi connectivity index (χ1n) is 9.49. The number of aromatic nitrogens is 2. The quantitative estimate of drug-likeness (QED) is 0.821. The third-order valence-corrected chi connectivity index (χ3v) is 6.54. The van der Waals surface area contributed by atoms with Crippen LogP contribution in [0, 0.1) is 12.8 Å². The number of hydrogen-bond donors (Lipinski definition) is 2. The first kappa shape index (κ1) is 19.0. The second-order valence-electron chi connectivity index (χ2n) is 7.48. The normalized spacial score (nSPS) is 17.0. The van der Waals surface area contributed by atoms with Gasteiger partial charge in [0.05, 0.1) is 31.6 Å². The van der Waals surface area contributed by atoms with Crippen LogP contribution in [-0.2, 0) is 17.8 Å².